The number of ether oxygens (including phenoxy) is 1. The molecule has 7 aromatic carbocycles. The van der Waals surface area contributed by atoms with Gasteiger partial charge in [0.15, 0.2) is 0 Å². The van der Waals surface area contributed by atoms with Crippen molar-refractivity contribution in [3.05, 3.63) is 150 Å². The Kier molecular flexibility index (Phi) is 5.26. The van der Waals surface area contributed by atoms with Crippen LogP contribution in [-0.4, -0.2) is 15.8 Å². The summed E-state index contributed by atoms with van der Waals surface area (Å²) in [7, 11) is 0. The summed E-state index contributed by atoms with van der Waals surface area (Å²) >= 11 is 0. The van der Waals surface area contributed by atoms with Crippen LogP contribution in [0.2, 0.25) is 0 Å². The average molecular weight is 627 g/mol. The van der Waals surface area contributed by atoms with Crippen LogP contribution in [0.1, 0.15) is 16.7 Å². The van der Waals surface area contributed by atoms with Gasteiger partial charge in [0.2, 0.25) is 0 Å². The van der Waals surface area contributed by atoms with Gasteiger partial charge in [0.25, 0.3) is 6.71 Å². The van der Waals surface area contributed by atoms with E-state index in [2.05, 4.69) is 163 Å². The van der Waals surface area contributed by atoms with Crippen molar-refractivity contribution in [3.63, 3.8) is 0 Å². The maximum Gasteiger partial charge on any atom is 0.256 e. The predicted molar refractivity (Wildman–Crippen MR) is 206 cm³/mol. The Bertz CT molecular complexity index is 2870. The lowest BCUT2D eigenvalue weighted by Gasteiger charge is -2.32. The molecule has 0 atom stereocenters. The van der Waals surface area contributed by atoms with Gasteiger partial charge in [0.05, 0.1) is 22.1 Å². The first-order valence-electron chi connectivity index (χ1n) is 17.1. The Morgan fingerprint density at radius 3 is 2.04 bits per heavy atom. The largest absolute Gasteiger partial charge is 0.458 e. The molecule has 0 spiro atoms. The van der Waals surface area contributed by atoms with Gasteiger partial charge >= 0.3 is 0 Å². The van der Waals surface area contributed by atoms with Gasteiger partial charge in [0, 0.05) is 32.9 Å². The van der Waals surface area contributed by atoms with E-state index in [1.165, 1.54) is 93.5 Å². The summed E-state index contributed by atoms with van der Waals surface area (Å²) in [5.41, 5.74) is 17.6. The number of fused-ring (bicyclic) bond motifs is 11. The van der Waals surface area contributed by atoms with Crippen LogP contribution >= 0.6 is 0 Å². The number of hydrogen-bond acceptors (Lipinski definition) is 1. The third-order valence-corrected chi connectivity index (χ3v) is 11.0. The molecule has 0 fully saturated rings. The highest BCUT2D eigenvalue weighted by atomic mass is 16.5. The first kappa shape index (κ1) is 27.0. The quantitative estimate of drug-likeness (QED) is 0.175. The molecule has 0 bridgehead atoms. The molecule has 9 aromatic rings. The first-order chi connectivity index (χ1) is 24.0. The van der Waals surface area contributed by atoms with E-state index in [0.29, 0.717) is 0 Å². The summed E-state index contributed by atoms with van der Waals surface area (Å²) in [6.07, 6.45) is 0. The predicted octanol–water partition coefficient (Wildman–Crippen LogP) is 9.41. The molecule has 0 N–H and O–H groups in total. The molecule has 0 saturated heterocycles. The van der Waals surface area contributed by atoms with E-state index in [4.69, 9.17) is 4.74 Å². The maximum atomic E-state index is 6.60. The molecule has 3 nitrogen and oxygen atoms in total. The van der Waals surface area contributed by atoms with Crippen molar-refractivity contribution in [2.24, 2.45) is 0 Å². The summed E-state index contributed by atoms with van der Waals surface area (Å²) in [5.74, 6) is 1.90. The fourth-order valence-electron chi connectivity index (χ4n) is 9.23. The van der Waals surface area contributed by atoms with Crippen molar-refractivity contribution in [2.75, 3.05) is 0 Å². The zero-order chi connectivity index (χ0) is 32.5. The Labute approximate surface area is 284 Å². The zero-order valence-corrected chi connectivity index (χ0v) is 27.6. The molecule has 2 aromatic heterocycles. The van der Waals surface area contributed by atoms with Crippen molar-refractivity contribution in [3.8, 4) is 34.0 Å². The highest BCUT2D eigenvalue weighted by Crippen LogP contribution is 2.42. The fourth-order valence-corrected chi connectivity index (χ4v) is 9.23. The Balaban J connectivity index is 1.21. The third-order valence-electron chi connectivity index (χ3n) is 11.0. The number of aromatic nitrogens is 2. The molecule has 0 unspecified atom stereocenters. The molecule has 11 rings (SSSR count). The van der Waals surface area contributed by atoms with Crippen LogP contribution in [0.15, 0.2) is 133 Å². The van der Waals surface area contributed by atoms with E-state index in [9.17, 15) is 0 Å². The van der Waals surface area contributed by atoms with Gasteiger partial charge in [-0.3, -0.25) is 0 Å². The second-order valence-electron chi connectivity index (χ2n) is 13.9. The summed E-state index contributed by atoms with van der Waals surface area (Å²) in [4.78, 5) is 0. The topological polar surface area (TPSA) is 19.1 Å². The van der Waals surface area contributed by atoms with Crippen LogP contribution in [0, 0.1) is 20.8 Å². The number of rotatable bonds is 2. The van der Waals surface area contributed by atoms with Gasteiger partial charge < -0.3 is 13.9 Å². The molecule has 230 valence electrons. The Hall–Kier alpha value is -6.00. The number of nitrogens with zero attached hydrogens (tertiary/aromatic N) is 2. The van der Waals surface area contributed by atoms with Gasteiger partial charge in [-0.05, 0) is 114 Å². The van der Waals surface area contributed by atoms with Crippen LogP contribution in [0.25, 0.3) is 66.1 Å². The molecule has 2 aliphatic heterocycles. The lowest BCUT2D eigenvalue weighted by molar-refractivity contribution is 0.488. The molecule has 4 heteroatoms. The van der Waals surface area contributed by atoms with E-state index >= 15 is 0 Å². The van der Waals surface area contributed by atoms with Gasteiger partial charge in [-0.2, -0.15) is 0 Å². The highest BCUT2D eigenvalue weighted by molar-refractivity contribution is 6.99. The fraction of sp³-hybridized carbons (Fsp3) is 0.0667. The lowest BCUT2D eigenvalue weighted by atomic mass is 9.34. The van der Waals surface area contributed by atoms with Gasteiger partial charge in [-0.15, -0.1) is 0 Å². The van der Waals surface area contributed by atoms with Crippen molar-refractivity contribution in [1.82, 2.24) is 9.13 Å². The minimum absolute atomic E-state index is 0.125. The van der Waals surface area contributed by atoms with Crippen LogP contribution < -0.4 is 21.1 Å². The zero-order valence-electron chi connectivity index (χ0n) is 27.6. The molecule has 0 saturated carbocycles. The summed E-state index contributed by atoms with van der Waals surface area (Å²) in [6, 6.07) is 49.3. The number of hydrogen-bond donors (Lipinski definition) is 0. The summed E-state index contributed by atoms with van der Waals surface area (Å²) in [6.45, 7) is 6.74. The van der Waals surface area contributed by atoms with Gasteiger partial charge in [-0.1, -0.05) is 84.4 Å². The van der Waals surface area contributed by atoms with Crippen LogP contribution in [0.4, 0.5) is 0 Å². The molecule has 49 heavy (non-hydrogen) atoms. The molecule has 0 radical (unpaired) electrons. The Morgan fingerprint density at radius 2 is 1.20 bits per heavy atom. The number of para-hydroxylation sites is 3. The molecule has 0 amide bonds. The smallest absolute Gasteiger partial charge is 0.256 e. The lowest BCUT2D eigenvalue weighted by Crippen LogP contribution is -2.58. The van der Waals surface area contributed by atoms with Gasteiger partial charge in [0.1, 0.15) is 11.5 Å². The van der Waals surface area contributed by atoms with Crippen molar-refractivity contribution < 1.29 is 4.74 Å². The maximum absolute atomic E-state index is 6.60. The minimum atomic E-state index is 0.125. The van der Waals surface area contributed by atoms with Crippen molar-refractivity contribution >= 4 is 66.7 Å². The molecule has 2 aliphatic rings. The second kappa shape index (κ2) is 9.55. The van der Waals surface area contributed by atoms with Gasteiger partial charge in [-0.25, -0.2) is 0 Å². The van der Waals surface area contributed by atoms with E-state index in [1.54, 1.807) is 0 Å². The normalized spacial score (nSPS) is 12.9. The second-order valence-corrected chi connectivity index (χ2v) is 13.9. The van der Waals surface area contributed by atoms with E-state index in [-0.39, 0.29) is 6.71 Å². The molecule has 0 aliphatic carbocycles. The SMILES string of the molecule is Cc1cc(C)c(-c2ccc(-n3c4ccccc4c4cc5c6ccc7c8c6n(c5cc43)-c3ccccc3B8c3ccccc3O7)cc2)c(C)c1. The van der Waals surface area contributed by atoms with Crippen LogP contribution in [0.5, 0.6) is 11.5 Å². The average Bonchev–Trinajstić information content (AvgIpc) is 3.62. The standard InChI is InChI=1S/C45H31BN2O/c1-26-22-27(2)43(28(3)23-26)29-16-18-30(19-17-29)47-37-13-7-4-10-31(37)33-24-34-32-20-21-42-44-45(32)48(40(34)25-39(33)47)38-14-8-5-11-35(38)46(44)36-12-6-9-15-41(36)49-42/h4-25H,1-3H3. The molecular formula is C45H31BN2O. The van der Waals surface area contributed by atoms with Crippen molar-refractivity contribution in [1.29, 1.82) is 0 Å². The number of aryl methyl sites for hydroxylation is 3. The third kappa shape index (κ3) is 3.53. The van der Waals surface area contributed by atoms with E-state index in [1.807, 2.05) is 0 Å². The first-order valence-corrected chi connectivity index (χ1v) is 17.1. The molecule has 4 heterocycles. The summed E-state index contributed by atoms with van der Waals surface area (Å²) in [5, 5.41) is 5.06. The van der Waals surface area contributed by atoms with E-state index < -0.39 is 0 Å². The van der Waals surface area contributed by atoms with Crippen molar-refractivity contribution in [2.45, 2.75) is 20.8 Å². The summed E-state index contributed by atoms with van der Waals surface area (Å²) < 4.78 is 11.5. The monoisotopic (exact) mass is 626 g/mol. The van der Waals surface area contributed by atoms with Crippen LogP contribution in [0.3, 0.4) is 0 Å². The van der Waals surface area contributed by atoms with E-state index in [0.717, 1.165) is 17.2 Å². The Morgan fingerprint density at radius 1 is 0.510 bits per heavy atom. The molecular weight excluding hydrogens is 595 g/mol. The number of benzene rings is 7. The highest BCUT2D eigenvalue weighted by Gasteiger charge is 2.40. The minimum Gasteiger partial charge on any atom is -0.458 e. The van der Waals surface area contributed by atoms with Crippen LogP contribution in [-0.2, 0) is 0 Å².